The Kier molecular flexibility index (Phi) is 4.09. The molecule has 0 fully saturated rings. The third kappa shape index (κ3) is 3.09. The quantitative estimate of drug-likeness (QED) is 0.825. The van der Waals surface area contributed by atoms with Crippen LogP contribution in [0.5, 0.6) is 0 Å². The molecule has 7 nitrogen and oxygen atoms in total. The predicted molar refractivity (Wildman–Crippen MR) is 61.3 cm³/mol. The Bertz CT molecular complexity index is 478. The smallest absolute Gasteiger partial charge is 0.371 e. The number of amides is 2. The van der Waals surface area contributed by atoms with Crippen LogP contribution in [-0.2, 0) is 4.79 Å². The van der Waals surface area contributed by atoms with Crippen LogP contribution in [0.25, 0.3) is 0 Å². The maximum absolute atomic E-state index is 11.8. The van der Waals surface area contributed by atoms with Crippen LogP contribution in [-0.4, -0.2) is 60.4 Å². The number of carbonyl (C=O) groups excluding carboxylic acids is 2. The zero-order valence-electron chi connectivity index (χ0n) is 10.3. The Hall–Kier alpha value is -2.31. The van der Waals surface area contributed by atoms with Crippen LogP contribution in [0.3, 0.4) is 0 Å². The van der Waals surface area contributed by atoms with E-state index in [1.165, 1.54) is 24.1 Å². The van der Waals surface area contributed by atoms with E-state index >= 15 is 0 Å². The van der Waals surface area contributed by atoms with E-state index in [9.17, 15) is 14.4 Å². The normalized spacial score (nSPS) is 9.94. The summed E-state index contributed by atoms with van der Waals surface area (Å²) >= 11 is 0. The van der Waals surface area contributed by atoms with Gasteiger partial charge in [-0.05, 0) is 12.1 Å². The maximum Gasteiger partial charge on any atom is 0.371 e. The van der Waals surface area contributed by atoms with Crippen LogP contribution in [0.1, 0.15) is 21.1 Å². The van der Waals surface area contributed by atoms with Gasteiger partial charge in [0, 0.05) is 21.1 Å². The van der Waals surface area contributed by atoms with Gasteiger partial charge in [0.15, 0.2) is 5.76 Å². The van der Waals surface area contributed by atoms with Crippen molar-refractivity contribution in [3.05, 3.63) is 23.7 Å². The largest absolute Gasteiger partial charge is 0.475 e. The average Bonchev–Trinajstić information content (AvgIpc) is 2.76. The second kappa shape index (κ2) is 5.35. The highest BCUT2D eigenvalue weighted by atomic mass is 16.4. The molecule has 0 bridgehead atoms. The van der Waals surface area contributed by atoms with E-state index in [1.807, 2.05) is 0 Å². The van der Waals surface area contributed by atoms with Gasteiger partial charge in [-0.3, -0.25) is 9.59 Å². The summed E-state index contributed by atoms with van der Waals surface area (Å²) in [7, 11) is 4.60. The molecule has 1 heterocycles. The van der Waals surface area contributed by atoms with Gasteiger partial charge in [-0.15, -0.1) is 0 Å². The molecule has 0 spiro atoms. The Morgan fingerprint density at radius 2 is 1.72 bits per heavy atom. The predicted octanol–water partition coefficient (Wildman–Crippen LogP) is 0.138. The number of hydrogen-bond donors (Lipinski definition) is 1. The molecule has 7 heteroatoms. The van der Waals surface area contributed by atoms with Gasteiger partial charge in [0.05, 0.1) is 6.54 Å². The van der Waals surface area contributed by atoms with Crippen molar-refractivity contribution in [1.29, 1.82) is 0 Å². The maximum atomic E-state index is 11.8. The van der Waals surface area contributed by atoms with Gasteiger partial charge in [-0.25, -0.2) is 4.79 Å². The van der Waals surface area contributed by atoms with Crippen molar-refractivity contribution >= 4 is 17.8 Å². The van der Waals surface area contributed by atoms with Crippen LogP contribution in [0, 0.1) is 0 Å². The van der Waals surface area contributed by atoms with Gasteiger partial charge in [0.25, 0.3) is 5.91 Å². The van der Waals surface area contributed by atoms with E-state index in [2.05, 4.69) is 0 Å². The summed E-state index contributed by atoms with van der Waals surface area (Å²) in [6.45, 7) is -0.102. The third-order valence-corrected chi connectivity index (χ3v) is 2.25. The molecule has 0 aliphatic rings. The fraction of sp³-hybridized carbons (Fsp3) is 0.364. The summed E-state index contributed by atoms with van der Waals surface area (Å²) in [5.41, 5.74) is 0. The van der Waals surface area contributed by atoms with Crippen LogP contribution in [0.4, 0.5) is 0 Å². The molecule has 1 N–H and O–H groups in total. The Labute approximate surface area is 104 Å². The summed E-state index contributed by atoms with van der Waals surface area (Å²) in [4.78, 5) is 36.3. The minimum Gasteiger partial charge on any atom is -0.475 e. The molecule has 0 aliphatic carbocycles. The summed E-state index contributed by atoms with van der Waals surface area (Å²) < 4.78 is 4.85. The molecule has 1 aromatic heterocycles. The van der Waals surface area contributed by atoms with Gasteiger partial charge >= 0.3 is 5.97 Å². The monoisotopic (exact) mass is 254 g/mol. The molecule has 0 saturated heterocycles. The van der Waals surface area contributed by atoms with E-state index in [-0.39, 0.29) is 24.0 Å². The number of carboxylic acid groups (broad SMARTS) is 1. The molecule has 98 valence electrons. The highest BCUT2D eigenvalue weighted by Gasteiger charge is 2.20. The van der Waals surface area contributed by atoms with Crippen molar-refractivity contribution in [2.75, 3.05) is 27.7 Å². The first kappa shape index (κ1) is 13.8. The molecule has 0 saturated carbocycles. The Morgan fingerprint density at radius 1 is 1.17 bits per heavy atom. The van der Waals surface area contributed by atoms with Crippen molar-refractivity contribution in [1.82, 2.24) is 9.80 Å². The van der Waals surface area contributed by atoms with Crippen molar-refractivity contribution in [2.24, 2.45) is 0 Å². The average molecular weight is 254 g/mol. The van der Waals surface area contributed by atoms with Crippen LogP contribution < -0.4 is 0 Å². The number of carboxylic acids is 1. The van der Waals surface area contributed by atoms with Crippen molar-refractivity contribution in [3.8, 4) is 0 Å². The molecule has 2 amide bonds. The molecule has 0 unspecified atom stereocenters. The van der Waals surface area contributed by atoms with Gasteiger partial charge in [0.1, 0.15) is 0 Å². The number of rotatable bonds is 4. The summed E-state index contributed by atoms with van der Waals surface area (Å²) in [5, 5.41) is 8.66. The fourth-order valence-corrected chi connectivity index (χ4v) is 1.17. The first-order valence-electron chi connectivity index (χ1n) is 5.11. The lowest BCUT2D eigenvalue weighted by Gasteiger charge is -2.18. The second-order valence-corrected chi connectivity index (χ2v) is 3.92. The molecule has 0 aliphatic heterocycles. The molecule has 0 radical (unpaired) electrons. The molecule has 0 aromatic carbocycles. The van der Waals surface area contributed by atoms with E-state index in [4.69, 9.17) is 9.52 Å². The summed E-state index contributed by atoms with van der Waals surface area (Å²) in [5.74, 6) is -2.46. The van der Waals surface area contributed by atoms with Crippen molar-refractivity contribution in [3.63, 3.8) is 0 Å². The molecular formula is C11H14N2O5. The zero-order valence-corrected chi connectivity index (χ0v) is 10.3. The Balaban J connectivity index is 2.74. The van der Waals surface area contributed by atoms with E-state index in [0.29, 0.717) is 0 Å². The fourth-order valence-electron chi connectivity index (χ4n) is 1.17. The first-order chi connectivity index (χ1) is 8.32. The molecule has 0 atom stereocenters. The highest BCUT2D eigenvalue weighted by Crippen LogP contribution is 2.10. The molecular weight excluding hydrogens is 240 g/mol. The third-order valence-electron chi connectivity index (χ3n) is 2.25. The Morgan fingerprint density at radius 3 is 2.17 bits per heavy atom. The standard InChI is InChI=1S/C11H14N2O5/c1-12(2)9(14)6-13(3)10(15)7-4-5-8(18-7)11(16)17/h4-5H,6H2,1-3H3,(H,16,17). The number of aromatic carboxylic acids is 1. The topological polar surface area (TPSA) is 91.1 Å². The number of furan rings is 1. The van der Waals surface area contributed by atoms with E-state index < -0.39 is 11.9 Å². The first-order valence-corrected chi connectivity index (χ1v) is 5.11. The lowest BCUT2D eigenvalue weighted by atomic mass is 10.3. The van der Waals surface area contributed by atoms with Crippen LogP contribution in [0.15, 0.2) is 16.5 Å². The van der Waals surface area contributed by atoms with E-state index in [1.54, 1.807) is 14.1 Å². The van der Waals surface area contributed by atoms with Crippen LogP contribution in [0.2, 0.25) is 0 Å². The zero-order chi connectivity index (χ0) is 13.9. The van der Waals surface area contributed by atoms with E-state index in [0.717, 1.165) is 4.90 Å². The minimum absolute atomic E-state index is 0.102. The highest BCUT2D eigenvalue weighted by molar-refractivity contribution is 5.95. The molecule has 18 heavy (non-hydrogen) atoms. The second-order valence-electron chi connectivity index (χ2n) is 3.92. The minimum atomic E-state index is -1.25. The summed E-state index contributed by atoms with van der Waals surface area (Å²) in [6, 6.07) is 2.46. The molecule has 1 aromatic rings. The van der Waals surface area contributed by atoms with Gasteiger partial charge < -0.3 is 19.3 Å². The van der Waals surface area contributed by atoms with Gasteiger partial charge in [-0.1, -0.05) is 0 Å². The van der Waals surface area contributed by atoms with Crippen molar-refractivity contribution < 1.29 is 23.9 Å². The number of likely N-dealkylation sites (N-methyl/N-ethyl adjacent to an activating group) is 2. The molecule has 1 rings (SSSR count). The SMILES string of the molecule is CN(C)C(=O)CN(C)C(=O)c1ccc(C(=O)O)o1. The van der Waals surface area contributed by atoms with Crippen LogP contribution >= 0.6 is 0 Å². The lowest BCUT2D eigenvalue weighted by Crippen LogP contribution is -2.37. The number of carbonyl (C=O) groups is 3. The lowest BCUT2D eigenvalue weighted by molar-refractivity contribution is -0.129. The van der Waals surface area contributed by atoms with Crippen molar-refractivity contribution in [2.45, 2.75) is 0 Å². The summed E-state index contributed by atoms with van der Waals surface area (Å²) in [6.07, 6.45) is 0. The van der Waals surface area contributed by atoms with Gasteiger partial charge in [0.2, 0.25) is 11.7 Å². The van der Waals surface area contributed by atoms with Gasteiger partial charge in [-0.2, -0.15) is 0 Å². The number of hydrogen-bond acceptors (Lipinski definition) is 4. The number of nitrogens with zero attached hydrogens (tertiary/aromatic N) is 2.